The van der Waals surface area contributed by atoms with Gasteiger partial charge in [0.1, 0.15) is 0 Å². The Morgan fingerprint density at radius 2 is 1.35 bits per heavy atom. The third kappa shape index (κ3) is 4.19. The Labute approximate surface area is 137 Å². The Morgan fingerprint density at radius 1 is 0.870 bits per heavy atom. The van der Waals surface area contributed by atoms with Crippen molar-refractivity contribution in [2.24, 2.45) is 0 Å². The monoisotopic (exact) mass is 310 g/mol. The number of benzene rings is 2. The van der Waals surface area contributed by atoms with E-state index in [1.165, 1.54) is 4.90 Å². The molecule has 4 heteroatoms. The van der Waals surface area contributed by atoms with Gasteiger partial charge in [-0.1, -0.05) is 60.7 Å². The summed E-state index contributed by atoms with van der Waals surface area (Å²) in [5, 5.41) is 2.75. The van der Waals surface area contributed by atoms with E-state index in [0.717, 1.165) is 11.1 Å². The van der Waals surface area contributed by atoms with Crippen molar-refractivity contribution in [2.45, 2.75) is 25.9 Å². The van der Waals surface area contributed by atoms with Crippen LogP contribution in [0.4, 0.5) is 0 Å². The summed E-state index contributed by atoms with van der Waals surface area (Å²) in [6, 6.07) is 18.8. The molecule has 0 radical (unpaired) electrons. The normalized spacial score (nSPS) is 13.0. The SMILES string of the molecule is C[C@H](c1ccccc1)N(C)C(=O)C(=O)N[C@H](C)c1ccccc1. The molecule has 2 aromatic rings. The number of hydrogen-bond acceptors (Lipinski definition) is 2. The first-order chi connectivity index (χ1) is 11.0. The van der Waals surface area contributed by atoms with Gasteiger partial charge in [-0.3, -0.25) is 9.59 Å². The average molecular weight is 310 g/mol. The summed E-state index contributed by atoms with van der Waals surface area (Å²) in [4.78, 5) is 26.0. The molecule has 4 nitrogen and oxygen atoms in total. The van der Waals surface area contributed by atoms with Crippen LogP contribution in [0.1, 0.15) is 37.1 Å². The molecular weight excluding hydrogens is 288 g/mol. The van der Waals surface area contributed by atoms with Crippen LogP contribution >= 0.6 is 0 Å². The Hall–Kier alpha value is -2.62. The number of carbonyl (C=O) groups is 2. The lowest BCUT2D eigenvalue weighted by atomic mass is 10.1. The van der Waals surface area contributed by atoms with E-state index in [9.17, 15) is 9.59 Å². The molecule has 2 aromatic carbocycles. The number of nitrogens with one attached hydrogen (secondary N) is 1. The van der Waals surface area contributed by atoms with Gasteiger partial charge in [-0.2, -0.15) is 0 Å². The minimum Gasteiger partial charge on any atom is -0.341 e. The topological polar surface area (TPSA) is 49.4 Å². The van der Waals surface area contributed by atoms with Crippen molar-refractivity contribution in [3.05, 3.63) is 71.8 Å². The summed E-state index contributed by atoms with van der Waals surface area (Å²) in [6.07, 6.45) is 0. The minimum atomic E-state index is -0.591. The van der Waals surface area contributed by atoms with Gasteiger partial charge in [0, 0.05) is 7.05 Å². The lowest BCUT2D eigenvalue weighted by Gasteiger charge is -2.25. The van der Waals surface area contributed by atoms with Crippen LogP contribution in [0.25, 0.3) is 0 Å². The smallest absolute Gasteiger partial charge is 0.312 e. The number of rotatable bonds is 4. The second-order valence-corrected chi connectivity index (χ2v) is 5.61. The van der Waals surface area contributed by atoms with Crippen LogP contribution in [0.3, 0.4) is 0 Å². The molecule has 0 aliphatic heterocycles. The molecule has 0 spiro atoms. The summed E-state index contributed by atoms with van der Waals surface area (Å²) in [6.45, 7) is 3.77. The predicted octanol–water partition coefficient (Wildman–Crippen LogP) is 3.08. The van der Waals surface area contributed by atoms with E-state index in [4.69, 9.17) is 0 Å². The molecule has 0 aliphatic carbocycles. The summed E-state index contributed by atoms with van der Waals surface area (Å²) in [7, 11) is 1.65. The lowest BCUT2D eigenvalue weighted by Crippen LogP contribution is -2.42. The fourth-order valence-corrected chi connectivity index (χ4v) is 2.37. The molecule has 0 fully saturated rings. The first-order valence-electron chi connectivity index (χ1n) is 7.68. The van der Waals surface area contributed by atoms with E-state index in [1.807, 2.05) is 74.5 Å². The zero-order chi connectivity index (χ0) is 16.8. The maximum Gasteiger partial charge on any atom is 0.312 e. The van der Waals surface area contributed by atoms with Crippen LogP contribution < -0.4 is 5.32 Å². The second-order valence-electron chi connectivity index (χ2n) is 5.61. The van der Waals surface area contributed by atoms with Crippen molar-refractivity contribution in [2.75, 3.05) is 7.05 Å². The van der Waals surface area contributed by atoms with Crippen molar-refractivity contribution in [1.82, 2.24) is 10.2 Å². The lowest BCUT2D eigenvalue weighted by molar-refractivity contribution is -0.146. The highest BCUT2D eigenvalue weighted by Crippen LogP contribution is 2.18. The molecule has 0 unspecified atom stereocenters. The van der Waals surface area contributed by atoms with Crippen molar-refractivity contribution < 1.29 is 9.59 Å². The van der Waals surface area contributed by atoms with Gasteiger partial charge in [-0.25, -0.2) is 0 Å². The molecule has 23 heavy (non-hydrogen) atoms. The van der Waals surface area contributed by atoms with E-state index in [1.54, 1.807) is 7.05 Å². The van der Waals surface area contributed by atoms with Crippen LogP contribution in [0.2, 0.25) is 0 Å². The third-order valence-electron chi connectivity index (χ3n) is 4.02. The van der Waals surface area contributed by atoms with E-state index < -0.39 is 11.8 Å². The summed E-state index contributed by atoms with van der Waals surface area (Å²) < 4.78 is 0. The zero-order valence-corrected chi connectivity index (χ0v) is 13.7. The molecule has 120 valence electrons. The number of nitrogens with zero attached hydrogens (tertiary/aromatic N) is 1. The molecule has 1 N–H and O–H groups in total. The quantitative estimate of drug-likeness (QED) is 0.882. The van der Waals surface area contributed by atoms with Crippen molar-refractivity contribution in [1.29, 1.82) is 0 Å². The number of amides is 2. The second kappa shape index (κ2) is 7.58. The van der Waals surface area contributed by atoms with E-state index in [2.05, 4.69) is 5.32 Å². The molecule has 0 aliphatic rings. The fourth-order valence-electron chi connectivity index (χ4n) is 2.37. The summed E-state index contributed by atoms with van der Waals surface area (Å²) in [5.74, 6) is -1.13. The minimum absolute atomic E-state index is 0.165. The third-order valence-corrected chi connectivity index (χ3v) is 4.02. The molecular formula is C19H22N2O2. The molecule has 0 saturated heterocycles. The van der Waals surface area contributed by atoms with E-state index in [0.29, 0.717) is 0 Å². The van der Waals surface area contributed by atoms with E-state index in [-0.39, 0.29) is 12.1 Å². The molecule has 2 amide bonds. The molecule has 0 bridgehead atoms. The van der Waals surface area contributed by atoms with Gasteiger partial charge in [0.2, 0.25) is 0 Å². The molecule has 0 aromatic heterocycles. The molecule has 2 atom stereocenters. The molecule has 0 saturated carbocycles. The first-order valence-corrected chi connectivity index (χ1v) is 7.68. The molecule has 0 heterocycles. The van der Waals surface area contributed by atoms with Crippen molar-refractivity contribution >= 4 is 11.8 Å². The van der Waals surface area contributed by atoms with Crippen LogP contribution in [0.5, 0.6) is 0 Å². The van der Waals surface area contributed by atoms with Crippen molar-refractivity contribution in [3.8, 4) is 0 Å². The van der Waals surface area contributed by atoms with Crippen molar-refractivity contribution in [3.63, 3.8) is 0 Å². The number of hydrogen-bond donors (Lipinski definition) is 1. The fraction of sp³-hybridized carbons (Fsp3) is 0.263. The van der Waals surface area contributed by atoms with Crippen LogP contribution in [0, 0.1) is 0 Å². The van der Waals surface area contributed by atoms with Crippen LogP contribution in [-0.2, 0) is 9.59 Å². The van der Waals surface area contributed by atoms with Gasteiger partial charge in [0.05, 0.1) is 12.1 Å². The maximum absolute atomic E-state index is 12.3. The van der Waals surface area contributed by atoms with Gasteiger partial charge in [-0.15, -0.1) is 0 Å². The highest BCUT2D eigenvalue weighted by Gasteiger charge is 2.24. The first kappa shape index (κ1) is 16.7. The van der Waals surface area contributed by atoms with Gasteiger partial charge in [0.25, 0.3) is 0 Å². The van der Waals surface area contributed by atoms with E-state index >= 15 is 0 Å². The van der Waals surface area contributed by atoms with Gasteiger partial charge < -0.3 is 10.2 Å². The maximum atomic E-state index is 12.3. The predicted molar refractivity (Wildman–Crippen MR) is 90.6 cm³/mol. The zero-order valence-electron chi connectivity index (χ0n) is 13.7. The van der Waals surface area contributed by atoms with Crippen LogP contribution in [0.15, 0.2) is 60.7 Å². The summed E-state index contributed by atoms with van der Waals surface area (Å²) >= 11 is 0. The highest BCUT2D eigenvalue weighted by atomic mass is 16.2. The molecule has 2 rings (SSSR count). The Morgan fingerprint density at radius 3 is 1.87 bits per heavy atom. The number of likely N-dealkylation sites (N-methyl/N-ethyl adjacent to an activating group) is 1. The van der Waals surface area contributed by atoms with Gasteiger partial charge in [0.15, 0.2) is 0 Å². The Balaban J connectivity index is 2.00. The Bertz CT molecular complexity index is 656. The largest absolute Gasteiger partial charge is 0.341 e. The summed E-state index contributed by atoms with van der Waals surface area (Å²) in [5.41, 5.74) is 1.96. The average Bonchev–Trinajstić information content (AvgIpc) is 2.61. The Kier molecular flexibility index (Phi) is 5.52. The van der Waals surface area contributed by atoms with Gasteiger partial charge in [-0.05, 0) is 25.0 Å². The van der Waals surface area contributed by atoms with Gasteiger partial charge >= 0.3 is 11.8 Å². The number of carbonyl (C=O) groups excluding carboxylic acids is 2. The standard InChI is InChI=1S/C19H22N2O2/c1-14(16-10-6-4-7-11-16)20-18(22)19(23)21(3)15(2)17-12-8-5-9-13-17/h4-15H,1-3H3,(H,20,22)/t14-,15-/m1/s1. The highest BCUT2D eigenvalue weighted by molar-refractivity contribution is 6.35. The van der Waals surface area contributed by atoms with Crippen LogP contribution in [-0.4, -0.2) is 23.8 Å².